The first-order valence-electron chi connectivity index (χ1n) is 7.52. The number of carbonyl (C=O) groups excluding carboxylic acids is 2. The van der Waals surface area contributed by atoms with Crippen LogP contribution in [0.15, 0.2) is 17.3 Å². The van der Waals surface area contributed by atoms with E-state index in [9.17, 15) is 22.8 Å². The van der Waals surface area contributed by atoms with Crippen LogP contribution in [0.4, 0.5) is 23.8 Å². The van der Waals surface area contributed by atoms with Crippen molar-refractivity contribution in [1.29, 1.82) is 5.26 Å². The number of hydrogen-bond donors (Lipinski definition) is 2. The molecule has 0 aromatic carbocycles. The van der Waals surface area contributed by atoms with Crippen LogP contribution in [0.2, 0.25) is 5.02 Å². The topological polar surface area (TPSA) is 116 Å². The Hall–Kier alpha value is -2.87. The van der Waals surface area contributed by atoms with Crippen LogP contribution in [0, 0.1) is 17.2 Å². The summed E-state index contributed by atoms with van der Waals surface area (Å²) >= 11 is 5.73. The van der Waals surface area contributed by atoms with E-state index in [-0.39, 0.29) is 30.5 Å². The van der Waals surface area contributed by atoms with Gasteiger partial charge in [0.1, 0.15) is 5.82 Å². The van der Waals surface area contributed by atoms with E-state index < -0.39 is 29.7 Å². The number of amides is 2. The van der Waals surface area contributed by atoms with Gasteiger partial charge in [-0.25, -0.2) is 9.78 Å². The third kappa shape index (κ3) is 7.49. The Labute approximate surface area is 157 Å². The smallest absolute Gasteiger partial charge is 0.417 e. The third-order valence-electron chi connectivity index (χ3n) is 2.88. The maximum atomic E-state index is 12.5. The van der Waals surface area contributed by atoms with E-state index >= 15 is 0 Å². The van der Waals surface area contributed by atoms with Crippen molar-refractivity contribution in [2.24, 2.45) is 10.9 Å². The fourth-order valence-electron chi connectivity index (χ4n) is 1.65. The van der Waals surface area contributed by atoms with Crippen molar-refractivity contribution in [1.82, 2.24) is 10.3 Å². The molecule has 27 heavy (non-hydrogen) atoms. The molecule has 0 aliphatic heterocycles. The summed E-state index contributed by atoms with van der Waals surface area (Å²) in [5.41, 5.74) is -0.972. The molecular weight excluding hydrogens is 391 g/mol. The summed E-state index contributed by atoms with van der Waals surface area (Å²) in [5.74, 6) is -2.15. The summed E-state index contributed by atoms with van der Waals surface area (Å²) in [5, 5.41) is 13.3. The number of pyridine rings is 1. The average molecular weight is 406 g/mol. The number of nitrogens with zero attached hydrogens (tertiary/aromatic N) is 3. The van der Waals surface area contributed by atoms with Crippen LogP contribution in [-0.4, -0.2) is 42.9 Å². The number of rotatable bonds is 7. The fourth-order valence-corrected chi connectivity index (χ4v) is 1.88. The maximum Gasteiger partial charge on any atom is 0.417 e. The molecule has 0 bridgehead atoms. The number of imide groups is 1. The van der Waals surface area contributed by atoms with Crippen LogP contribution >= 0.6 is 11.6 Å². The van der Waals surface area contributed by atoms with Gasteiger partial charge in [0.15, 0.2) is 5.92 Å². The van der Waals surface area contributed by atoms with Crippen molar-refractivity contribution in [3.8, 4) is 6.07 Å². The van der Waals surface area contributed by atoms with Gasteiger partial charge in [0.2, 0.25) is 0 Å². The van der Waals surface area contributed by atoms with Gasteiger partial charge in [0.25, 0.3) is 5.91 Å². The zero-order valence-electron chi connectivity index (χ0n) is 14.0. The number of carbonyl (C=O) groups is 2. The summed E-state index contributed by atoms with van der Waals surface area (Å²) in [6.07, 6.45) is -3.84. The van der Waals surface area contributed by atoms with E-state index in [1.165, 1.54) is 0 Å². The molecule has 1 rings (SSSR count). The zero-order valence-corrected chi connectivity index (χ0v) is 14.8. The number of nitriles is 1. The number of nitrogens with one attached hydrogen (secondary N) is 2. The Morgan fingerprint density at radius 1 is 1.52 bits per heavy atom. The highest BCUT2D eigenvalue weighted by atomic mass is 35.5. The molecule has 0 saturated heterocycles. The van der Waals surface area contributed by atoms with E-state index in [1.807, 2.05) is 5.32 Å². The van der Waals surface area contributed by atoms with E-state index in [0.29, 0.717) is 6.20 Å². The molecule has 0 fully saturated rings. The first-order valence-corrected chi connectivity index (χ1v) is 7.90. The Morgan fingerprint density at radius 2 is 2.22 bits per heavy atom. The van der Waals surface area contributed by atoms with E-state index in [0.717, 1.165) is 12.3 Å². The van der Waals surface area contributed by atoms with E-state index in [1.54, 1.807) is 13.0 Å². The number of halogens is 4. The lowest BCUT2D eigenvalue weighted by atomic mass is 10.2. The quantitative estimate of drug-likeness (QED) is 0.532. The minimum Gasteiger partial charge on any atom is -0.450 e. The van der Waals surface area contributed by atoms with Gasteiger partial charge in [-0.3, -0.25) is 15.1 Å². The number of hydrogen-bond acceptors (Lipinski definition) is 7. The normalized spacial score (nSPS) is 12.3. The number of alkyl halides is 3. The molecule has 2 amide bonds. The molecule has 1 aromatic rings. The van der Waals surface area contributed by atoms with Crippen LogP contribution in [0.5, 0.6) is 0 Å². The van der Waals surface area contributed by atoms with Crippen molar-refractivity contribution in [2.45, 2.75) is 13.1 Å². The second-order valence-corrected chi connectivity index (χ2v) is 5.26. The molecule has 0 aliphatic rings. The Bertz CT molecular complexity index is 749. The lowest BCUT2D eigenvalue weighted by Gasteiger charge is -2.10. The van der Waals surface area contributed by atoms with Crippen molar-refractivity contribution < 1.29 is 27.5 Å². The summed E-state index contributed by atoms with van der Waals surface area (Å²) in [6.45, 7) is 1.82. The lowest BCUT2D eigenvalue weighted by molar-refractivity contribution is -0.137. The maximum absolute atomic E-state index is 12.5. The average Bonchev–Trinajstić information content (AvgIpc) is 2.58. The first kappa shape index (κ1) is 22.2. The first-order chi connectivity index (χ1) is 12.7. The highest BCUT2D eigenvalue weighted by molar-refractivity contribution is 6.32. The van der Waals surface area contributed by atoms with Gasteiger partial charge in [-0.2, -0.15) is 18.4 Å². The molecule has 1 heterocycles. The second kappa shape index (κ2) is 10.3. The Kier molecular flexibility index (Phi) is 8.47. The second-order valence-electron chi connectivity index (χ2n) is 4.85. The van der Waals surface area contributed by atoms with E-state index in [2.05, 4.69) is 20.0 Å². The van der Waals surface area contributed by atoms with Gasteiger partial charge in [-0.05, 0) is 13.0 Å². The van der Waals surface area contributed by atoms with Crippen molar-refractivity contribution in [3.05, 3.63) is 22.8 Å². The summed E-state index contributed by atoms with van der Waals surface area (Å²) in [4.78, 5) is 30.2. The molecule has 146 valence electrons. The summed E-state index contributed by atoms with van der Waals surface area (Å²) < 4.78 is 42.1. The Balaban J connectivity index is 2.51. The monoisotopic (exact) mass is 405 g/mol. The number of anilines is 1. The number of ether oxygens (including phenoxy) is 1. The van der Waals surface area contributed by atoms with Gasteiger partial charge < -0.3 is 10.1 Å². The van der Waals surface area contributed by atoms with Crippen LogP contribution in [0.3, 0.4) is 0 Å². The highest BCUT2D eigenvalue weighted by Gasteiger charge is 2.31. The highest BCUT2D eigenvalue weighted by Crippen LogP contribution is 2.32. The number of alkyl carbamates (subject to hydrolysis) is 1. The number of aliphatic imine (C=N–C) groups is 1. The molecule has 0 spiro atoms. The van der Waals surface area contributed by atoms with Gasteiger partial charge in [0.05, 0.1) is 29.8 Å². The molecule has 1 aromatic heterocycles. The molecule has 0 radical (unpaired) electrons. The van der Waals surface area contributed by atoms with Crippen LogP contribution < -0.4 is 10.6 Å². The third-order valence-corrected chi connectivity index (χ3v) is 3.17. The van der Waals surface area contributed by atoms with E-state index in [4.69, 9.17) is 16.9 Å². The molecular formula is C15H15ClF3N5O3. The van der Waals surface area contributed by atoms with Gasteiger partial charge in [-0.15, -0.1) is 0 Å². The summed E-state index contributed by atoms with van der Waals surface area (Å²) in [7, 11) is 0. The minimum atomic E-state index is -4.55. The lowest BCUT2D eigenvalue weighted by Crippen LogP contribution is -2.36. The molecule has 2 N–H and O–H groups in total. The van der Waals surface area contributed by atoms with Gasteiger partial charge in [0, 0.05) is 19.0 Å². The van der Waals surface area contributed by atoms with Crippen LogP contribution in [0.25, 0.3) is 0 Å². The SMILES string of the molecule is CCOC(=O)NC(=O)C(C#N)C=NCCNc1ncc(C(F)(F)F)cc1Cl. The van der Waals surface area contributed by atoms with Crippen LogP contribution in [0.1, 0.15) is 12.5 Å². The molecule has 1 atom stereocenters. The fraction of sp³-hybridized carbons (Fsp3) is 0.400. The molecule has 1 unspecified atom stereocenters. The molecule has 0 aliphatic carbocycles. The predicted molar refractivity (Wildman–Crippen MR) is 90.4 cm³/mol. The zero-order chi connectivity index (χ0) is 20.4. The standard InChI is InChI=1S/C15H15ClF3N5O3/c1-2-27-14(26)24-13(25)9(6-20)7-21-3-4-22-12-11(16)5-10(8-23-12)15(17,18)19/h5,7-9H,2-4H2,1H3,(H,22,23)(H,24,25,26). The largest absolute Gasteiger partial charge is 0.450 e. The van der Waals surface area contributed by atoms with Gasteiger partial charge >= 0.3 is 12.3 Å². The van der Waals surface area contributed by atoms with Crippen LogP contribution in [-0.2, 0) is 15.7 Å². The predicted octanol–water partition coefficient (Wildman–Crippen LogP) is 2.65. The van der Waals surface area contributed by atoms with Crippen molar-refractivity contribution in [2.75, 3.05) is 25.0 Å². The molecule has 0 saturated carbocycles. The Morgan fingerprint density at radius 3 is 2.78 bits per heavy atom. The van der Waals surface area contributed by atoms with Gasteiger partial charge in [-0.1, -0.05) is 11.6 Å². The van der Waals surface area contributed by atoms with Crippen molar-refractivity contribution >= 4 is 35.6 Å². The number of aromatic nitrogens is 1. The van der Waals surface area contributed by atoms with Crippen molar-refractivity contribution in [3.63, 3.8) is 0 Å². The summed E-state index contributed by atoms with van der Waals surface area (Å²) in [6, 6.07) is 2.40. The minimum absolute atomic E-state index is 0.0387. The molecule has 12 heteroatoms. The molecule has 8 nitrogen and oxygen atoms in total.